The number of likely N-dealkylation sites (N-methyl/N-ethyl adjacent to an activating group) is 1. The van der Waals surface area contributed by atoms with Gasteiger partial charge in [0.05, 0.1) is 18.0 Å². The monoisotopic (exact) mass is 494 g/mol. The van der Waals surface area contributed by atoms with E-state index in [1.54, 1.807) is 24.0 Å². The third-order valence-electron chi connectivity index (χ3n) is 7.15. The van der Waals surface area contributed by atoms with Crippen LogP contribution in [0.5, 0.6) is 0 Å². The summed E-state index contributed by atoms with van der Waals surface area (Å²) in [6.45, 7) is 2.32. The van der Waals surface area contributed by atoms with Gasteiger partial charge in [-0.2, -0.15) is 0 Å². The van der Waals surface area contributed by atoms with E-state index >= 15 is 4.39 Å². The van der Waals surface area contributed by atoms with E-state index in [-0.39, 0.29) is 24.8 Å². The summed E-state index contributed by atoms with van der Waals surface area (Å²) in [7, 11) is 0. The largest absolute Gasteiger partial charge is 0.383 e. The fraction of sp³-hybridized carbons (Fsp3) is 0.346. The van der Waals surface area contributed by atoms with E-state index in [0.29, 0.717) is 46.0 Å². The van der Waals surface area contributed by atoms with Crippen LogP contribution in [0, 0.1) is 5.82 Å². The minimum Gasteiger partial charge on any atom is -0.383 e. The molecule has 2 atom stereocenters. The Morgan fingerprint density at radius 2 is 1.97 bits per heavy atom. The van der Waals surface area contributed by atoms with Crippen molar-refractivity contribution in [3.8, 4) is 11.1 Å². The lowest BCUT2D eigenvalue weighted by Gasteiger charge is -2.24. The molecule has 1 aliphatic heterocycles. The predicted octanol–water partition coefficient (Wildman–Crippen LogP) is 5.31. The maximum Gasteiger partial charge on any atom is 0.325 e. The van der Waals surface area contributed by atoms with Crippen LogP contribution in [0.1, 0.15) is 32.2 Å². The van der Waals surface area contributed by atoms with E-state index in [1.807, 2.05) is 10.8 Å². The number of nitrogens with zero attached hydrogens (tertiary/aromatic N) is 5. The van der Waals surface area contributed by atoms with E-state index in [1.165, 1.54) is 29.4 Å². The van der Waals surface area contributed by atoms with Gasteiger partial charge in [0.15, 0.2) is 0 Å². The van der Waals surface area contributed by atoms with Crippen LogP contribution < -0.4 is 10.6 Å². The molecule has 36 heavy (non-hydrogen) atoms. The number of hydrogen-bond acceptors (Lipinski definition) is 4. The zero-order valence-corrected chi connectivity index (χ0v) is 19.7. The van der Waals surface area contributed by atoms with Gasteiger partial charge in [-0.1, -0.05) is 0 Å². The summed E-state index contributed by atoms with van der Waals surface area (Å²) in [4.78, 5) is 24.6. The lowest BCUT2D eigenvalue weighted by molar-refractivity contribution is 0.214. The van der Waals surface area contributed by atoms with Gasteiger partial charge in [-0.3, -0.25) is 4.90 Å². The van der Waals surface area contributed by atoms with Crippen molar-refractivity contribution in [1.82, 2.24) is 19.4 Å². The minimum atomic E-state index is -1.43. The Bertz CT molecular complexity index is 1440. The maximum absolute atomic E-state index is 15.6. The fourth-order valence-electron chi connectivity index (χ4n) is 5.28. The summed E-state index contributed by atoms with van der Waals surface area (Å²) >= 11 is 0. The van der Waals surface area contributed by atoms with E-state index in [2.05, 4.69) is 9.97 Å². The number of allylic oxidation sites excluding steroid dienone is 2. The second kappa shape index (κ2) is 8.39. The molecule has 0 spiro atoms. The van der Waals surface area contributed by atoms with Gasteiger partial charge in [-0.05, 0) is 55.7 Å². The van der Waals surface area contributed by atoms with Gasteiger partial charge in [0.25, 0.3) is 0 Å². The molecule has 2 amide bonds. The van der Waals surface area contributed by atoms with Gasteiger partial charge in [0.1, 0.15) is 35.6 Å². The molecule has 3 heterocycles. The lowest BCUT2D eigenvalue weighted by atomic mass is 9.98. The number of carbonyl (C=O) groups excluding carboxylic acids is 1. The molecule has 1 aromatic carbocycles. The molecule has 2 aromatic heterocycles. The molecule has 2 N–H and O–H groups in total. The summed E-state index contributed by atoms with van der Waals surface area (Å²) in [5, 5.41) is 0.601. The standard InChI is InChI=1S/C26H25F3N6O/c1-2-33-22(14-7-15(27)9-16(28)8-14)12-35(26(33)36)18-5-6-19(21(29)10-18)20-11-34(17-3-4-17)25-23(20)24(30)31-13-32-25/h5-8,10-11,13,15,17,22H,2-4,9,12H2,1H3,(H2,30,31,32). The molecule has 2 unspecified atom stereocenters. The highest BCUT2D eigenvalue weighted by Gasteiger charge is 2.40. The second-order valence-corrected chi connectivity index (χ2v) is 9.48. The van der Waals surface area contributed by atoms with Crippen molar-refractivity contribution < 1.29 is 18.0 Å². The third-order valence-corrected chi connectivity index (χ3v) is 7.15. The maximum atomic E-state index is 15.6. The molecular formula is C26H25F3N6O. The summed E-state index contributed by atoms with van der Waals surface area (Å²) in [6, 6.07) is 4.06. The molecule has 2 fully saturated rings. The number of nitrogens with two attached hydrogens (primary N) is 1. The molecule has 2 aliphatic carbocycles. The quantitative estimate of drug-likeness (QED) is 0.522. The molecule has 3 aromatic rings. The number of urea groups is 1. The van der Waals surface area contributed by atoms with Crippen molar-refractivity contribution in [3.63, 3.8) is 0 Å². The molecular weight excluding hydrogens is 469 g/mol. The first-order valence-corrected chi connectivity index (χ1v) is 12.1. The number of nitrogen functional groups attached to an aromatic ring is 1. The number of benzene rings is 1. The number of fused-ring (bicyclic) bond motifs is 1. The molecule has 0 bridgehead atoms. The van der Waals surface area contributed by atoms with Crippen molar-refractivity contribution in [3.05, 3.63) is 60.1 Å². The third kappa shape index (κ3) is 3.63. The Kier molecular flexibility index (Phi) is 5.27. The smallest absolute Gasteiger partial charge is 0.325 e. The Hall–Kier alpha value is -3.82. The fourth-order valence-corrected chi connectivity index (χ4v) is 5.28. The SMILES string of the molecule is CCN1C(=O)N(c2ccc(-c3cn(C4CC4)c4ncnc(N)c34)c(F)c2)CC1C1=CC(F)CC(F)=C1. The van der Waals surface area contributed by atoms with Gasteiger partial charge in [0.2, 0.25) is 0 Å². The number of anilines is 2. The van der Waals surface area contributed by atoms with Crippen molar-refractivity contribution in [2.45, 2.75) is 44.4 Å². The van der Waals surface area contributed by atoms with Gasteiger partial charge >= 0.3 is 6.03 Å². The van der Waals surface area contributed by atoms with Crippen LogP contribution in [0.3, 0.4) is 0 Å². The number of halogens is 3. The minimum absolute atomic E-state index is 0.162. The zero-order chi connectivity index (χ0) is 25.1. The highest BCUT2D eigenvalue weighted by molar-refractivity contribution is 6.01. The van der Waals surface area contributed by atoms with Crippen molar-refractivity contribution in [1.29, 1.82) is 0 Å². The predicted molar refractivity (Wildman–Crippen MR) is 131 cm³/mol. The average Bonchev–Trinajstić information content (AvgIpc) is 3.52. The normalized spacial score (nSPS) is 22.4. The number of amides is 2. The number of aromatic nitrogens is 3. The van der Waals surface area contributed by atoms with Crippen LogP contribution in [-0.4, -0.2) is 50.8 Å². The molecule has 1 saturated carbocycles. The van der Waals surface area contributed by atoms with Crippen LogP contribution in [0.15, 0.2) is 54.3 Å². The first-order chi connectivity index (χ1) is 17.4. The Balaban J connectivity index is 1.36. The number of hydrogen-bond donors (Lipinski definition) is 1. The topological polar surface area (TPSA) is 80.3 Å². The van der Waals surface area contributed by atoms with Crippen molar-refractivity contribution in [2.24, 2.45) is 0 Å². The summed E-state index contributed by atoms with van der Waals surface area (Å²) < 4.78 is 45.5. The number of carbonyl (C=O) groups is 1. The average molecular weight is 495 g/mol. The van der Waals surface area contributed by atoms with Crippen LogP contribution in [-0.2, 0) is 0 Å². The summed E-state index contributed by atoms with van der Waals surface area (Å²) in [6.07, 6.45) is 6.26. The Morgan fingerprint density at radius 1 is 1.17 bits per heavy atom. The summed E-state index contributed by atoms with van der Waals surface area (Å²) in [5.41, 5.74) is 8.55. The highest BCUT2D eigenvalue weighted by Crippen LogP contribution is 2.43. The van der Waals surface area contributed by atoms with Crippen molar-refractivity contribution >= 4 is 28.6 Å². The van der Waals surface area contributed by atoms with Crippen LogP contribution >= 0.6 is 0 Å². The van der Waals surface area contributed by atoms with E-state index in [4.69, 9.17) is 5.73 Å². The first-order valence-electron chi connectivity index (χ1n) is 12.1. The van der Waals surface area contributed by atoms with E-state index in [0.717, 1.165) is 12.8 Å². The lowest BCUT2D eigenvalue weighted by Crippen LogP contribution is -2.36. The zero-order valence-electron chi connectivity index (χ0n) is 19.7. The van der Waals surface area contributed by atoms with Gasteiger partial charge in [-0.25, -0.2) is 27.9 Å². The Labute approximate surface area is 205 Å². The molecule has 186 valence electrons. The molecule has 7 nitrogen and oxygen atoms in total. The van der Waals surface area contributed by atoms with Crippen LogP contribution in [0.4, 0.5) is 29.5 Å². The Morgan fingerprint density at radius 3 is 2.67 bits per heavy atom. The molecule has 1 saturated heterocycles. The van der Waals surface area contributed by atoms with Gasteiger partial charge in [0, 0.05) is 42.0 Å². The second-order valence-electron chi connectivity index (χ2n) is 9.48. The molecule has 10 heteroatoms. The van der Waals surface area contributed by atoms with Gasteiger partial charge < -0.3 is 15.2 Å². The van der Waals surface area contributed by atoms with Crippen LogP contribution in [0.2, 0.25) is 0 Å². The van der Waals surface area contributed by atoms with E-state index in [9.17, 15) is 13.6 Å². The number of alkyl halides is 1. The molecule has 6 rings (SSSR count). The first kappa shape index (κ1) is 22.6. The van der Waals surface area contributed by atoms with Crippen LogP contribution in [0.25, 0.3) is 22.2 Å². The highest BCUT2D eigenvalue weighted by atomic mass is 19.1. The molecule has 3 aliphatic rings. The van der Waals surface area contributed by atoms with Gasteiger partial charge in [-0.15, -0.1) is 0 Å². The summed E-state index contributed by atoms with van der Waals surface area (Å²) in [5.74, 6) is -0.788. The molecule has 0 radical (unpaired) electrons. The van der Waals surface area contributed by atoms with E-state index < -0.39 is 23.9 Å². The van der Waals surface area contributed by atoms with Crippen molar-refractivity contribution in [2.75, 3.05) is 23.7 Å². The number of rotatable bonds is 5.